The largest absolute Gasteiger partial charge is 0.459 e. The van der Waals surface area contributed by atoms with Gasteiger partial charge >= 0.3 is 0 Å². The predicted molar refractivity (Wildman–Crippen MR) is 130 cm³/mol. The number of nitrogens with one attached hydrogen (secondary N) is 3. The first kappa shape index (κ1) is 24.0. The first-order valence-corrected chi connectivity index (χ1v) is 10.1. The van der Waals surface area contributed by atoms with Gasteiger partial charge in [0.15, 0.2) is 11.7 Å². The molecule has 0 bridgehead atoms. The lowest BCUT2D eigenvalue weighted by Crippen LogP contribution is -2.49. The summed E-state index contributed by atoms with van der Waals surface area (Å²) in [7, 11) is 1.78. The summed E-state index contributed by atoms with van der Waals surface area (Å²) in [5, 5.41) is 9.69. The molecule has 0 aliphatic carbocycles. The third-order valence-electron chi connectivity index (χ3n) is 5.03. The summed E-state index contributed by atoms with van der Waals surface area (Å²) < 4.78 is 5.19. The van der Waals surface area contributed by atoms with Crippen LogP contribution in [0.4, 0.5) is 5.82 Å². The minimum absolute atomic E-state index is 0. The fraction of sp³-hybridized carbons (Fsp3) is 0.476. The molecule has 1 saturated heterocycles. The van der Waals surface area contributed by atoms with Crippen LogP contribution in [0.25, 0.3) is 0 Å². The van der Waals surface area contributed by atoms with Gasteiger partial charge in [0, 0.05) is 51.0 Å². The summed E-state index contributed by atoms with van der Waals surface area (Å²) in [5.41, 5.74) is 0.847. The zero-order valence-electron chi connectivity index (χ0n) is 17.6. The molecule has 30 heavy (non-hydrogen) atoms. The second kappa shape index (κ2) is 12.4. The Balaban J connectivity index is 0.00000320. The van der Waals surface area contributed by atoms with Crippen molar-refractivity contribution in [1.82, 2.24) is 20.9 Å². The summed E-state index contributed by atoms with van der Waals surface area (Å²) in [6.45, 7) is 5.11. The van der Waals surface area contributed by atoms with Gasteiger partial charge in [0.05, 0.1) is 6.26 Å². The van der Waals surface area contributed by atoms with Gasteiger partial charge in [-0.05, 0) is 44.4 Å². The standard InChI is InChI=1S/C21H30N6O2.HI/c1-16-9-15-29-19(16)20(28)24-11-5-12-25-21(22-2)26-17-7-13-27(14-8-17)18-6-3-4-10-23-18;/h3-4,6,9-10,15,17H,5,7-8,11-14H2,1-2H3,(H,24,28)(H2,22,25,26);1H. The van der Waals surface area contributed by atoms with E-state index in [9.17, 15) is 4.79 Å². The molecule has 0 aromatic carbocycles. The summed E-state index contributed by atoms with van der Waals surface area (Å²) in [4.78, 5) is 23.1. The van der Waals surface area contributed by atoms with E-state index in [0.29, 0.717) is 18.3 Å². The fourth-order valence-corrected chi connectivity index (χ4v) is 3.36. The first-order chi connectivity index (χ1) is 14.2. The highest BCUT2D eigenvalue weighted by atomic mass is 127. The fourth-order valence-electron chi connectivity index (χ4n) is 3.36. The molecular formula is C21H31IN6O2. The summed E-state index contributed by atoms with van der Waals surface area (Å²) in [6.07, 6.45) is 6.24. The van der Waals surface area contributed by atoms with Crippen molar-refractivity contribution in [3.8, 4) is 0 Å². The quantitative estimate of drug-likeness (QED) is 0.222. The zero-order valence-corrected chi connectivity index (χ0v) is 19.9. The zero-order chi connectivity index (χ0) is 20.5. The SMILES string of the molecule is CN=C(NCCCNC(=O)c1occc1C)NC1CCN(c2ccccn2)CC1.I. The third kappa shape index (κ3) is 6.89. The molecule has 3 N–H and O–H groups in total. The molecule has 0 radical (unpaired) electrons. The molecule has 1 aliphatic heterocycles. The Bertz CT molecular complexity index is 803. The molecule has 2 aromatic rings. The molecular weight excluding hydrogens is 495 g/mol. The van der Waals surface area contributed by atoms with Gasteiger partial charge in [-0.1, -0.05) is 6.07 Å². The minimum atomic E-state index is -0.172. The smallest absolute Gasteiger partial charge is 0.287 e. The summed E-state index contributed by atoms with van der Waals surface area (Å²) in [6, 6.07) is 8.20. The Morgan fingerprint density at radius 3 is 2.63 bits per heavy atom. The molecule has 1 fully saturated rings. The van der Waals surface area contributed by atoms with E-state index in [1.807, 2.05) is 25.3 Å². The molecule has 1 amide bonds. The monoisotopic (exact) mass is 526 g/mol. The molecule has 0 atom stereocenters. The van der Waals surface area contributed by atoms with Gasteiger partial charge in [-0.2, -0.15) is 0 Å². The van der Waals surface area contributed by atoms with Gasteiger partial charge in [-0.3, -0.25) is 9.79 Å². The van der Waals surface area contributed by atoms with Crippen LogP contribution < -0.4 is 20.9 Å². The van der Waals surface area contributed by atoms with E-state index in [2.05, 4.69) is 36.9 Å². The Hall–Kier alpha value is -2.30. The van der Waals surface area contributed by atoms with Crippen molar-refractivity contribution in [3.05, 3.63) is 48.0 Å². The number of halogens is 1. The van der Waals surface area contributed by atoms with Gasteiger partial charge in [0.25, 0.3) is 5.91 Å². The van der Waals surface area contributed by atoms with Gasteiger partial charge in [-0.25, -0.2) is 4.98 Å². The number of carbonyl (C=O) groups is 1. The number of nitrogens with zero attached hydrogens (tertiary/aromatic N) is 3. The third-order valence-corrected chi connectivity index (χ3v) is 5.03. The molecule has 9 heteroatoms. The predicted octanol–water partition coefficient (Wildman–Crippen LogP) is 2.55. The summed E-state index contributed by atoms with van der Waals surface area (Å²) in [5.74, 6) is 2.05. The number of hydrogen-bond acceptors (Lipinski definition) is 5. The van der Waals surface area contributed by atoms with Crippen LogP contribution in [0.5, 0.6) is 0 Å². The van der Waals surface area contributed by atoms with Gasteiger partial charge in [-0.15, -0.1) is 24.0 Å². The Kier molecular flexibility index (Phi) is 9.92. The van der Waals surface area contributed by atoms with Crippen LogP contribution in [0.15, 0.2) is 46.1 Å². The van der Waals surface area contributed by atoms with Crippen LogP contribution >= 0.6 is 24.0 Å². The number of amides is 1. The molecule has 0 spiro atoms. The van der Waals surface area contributed by atoms with Crippen LogP contribution in [0.3, 0.4) is 0 Å². The first-order valence-electron chi connectivity index (χ1n) is 10.1. The second-order valence-corrected chi connectivity index (χ2v) is 7.13. The van der Waals surface area contributed by atoms with Crippen LogP contribution in [0.2, 0.25) is 0 Å². The van der Waals surface area contributed by atoms with Crippen molar-refractivity contribution in [2.75, 3.05) is 38.1 Å². The van der Waals surface area contributed by atoms with E-state index < -0.39 is 0 Å². The average Bonchev–Trinajstić information content (AvgIpc) is 3.19. The maximum Gasteiger partial charge on any atom is 0.287 e. The van der Waals surface area contributed by atoms with Crippen molar-refractivity contribution >= 4 is 41.7 Å². The molecule has 3 heterocycles. The van der Waals surface area contributed by atoms with E-state index >= 15 is 0 Å². The number of furan rings is 1. The molecule has 1 aliphatic rings. The van der Waals surface area contributed by atoms with Crippen LogP contribution in [0.1, 0.15) is 35.4 Å². The number of rotatable bonds is 7. The molecule has 8 nitrogen and oxygen atoms in total. The molecule has 0 saturated carbocycles. The van der Waals surface area contributed by atoms with E-state index in [0.717, 1.165) is 56.2 Å². The van der Waals surface area contributed by atoms with Crippen molar-refractivity contribution < 1.29 is 9.21 Å². The lowest BCUT2D eigenvalue weighted by Gasteiger charge is -2.33. The lowest BCUT2D eigenvalue weighted by atomic mass is 10.1. The van der Waals surface area contributed by atoms with E-state index in [1.165, 1.54) is 6.26 Å². The number of pyridine rings is 1. The Labute approximate surface area is 194 Å². The minimum Gasteiger partial charge on any atom is -0.459 e. The van der Waals surface area contributed by atoms with E-state index in [4.69, 9.17) is 4.42 Å². The number of aliphatic imine (C=N–C) groups is 1. The van der Waals surface area contributed by atoms with Gasteiger partial charge in [0.2, 0.25) is 0 Å². The van der Waals surface area contributed by atoms with Crippen molar-refractivity contribution in [2.24, 2.45) is 4.99 Å². The number of hydrogen-bond donors (Lipinski definition) is 3. The number of carbonyl (C=O) groups excluding carboxylic acids is 1. The van der Waals surface area contributed by atoms with Crippen LogP contribution in [0, 0.1) is 6.92 Å². The Morgan fingerprint density at radius 1 is 1.23 bits per heavy atom. The highest BCUT2D eigenvalue weighted by Crippen LogP contribution is 2.17. The van der Waals surface area contributed by atoms with Crippen molar-refractivity contribution in [1.29, 1.82) is 0 Å². The van der Waals surface area contributed by atoms with Crippen molar-refractivity contribution in [3.63, 3.8) is 0 Å². The number of aromatic nitrogens is 1. The highest BCUT2D eigenvalue weighted by Gasteiger charge is 2.20. The second-order valence-electron chi connectivity index (χ2n) is 7.13. The maximum atomic E-state index is 12.0. The Morgan fingerprint density at radius 2 is 2.00 bits per heavy atom. The van der Waals surface area contributed by atoms with E-state index in [1.54, 1.807) is 13.1 Å². The summed E-state index contributed by atoms with van der Waals surface area (Å²) >= 11 is 0. The molecule has 3 rings (SSSR count). The number of piperidine rings is 1. The highest BCUT2D eigenvalue weighted by molar-refractivity contribution is 14.0. The molecule has 0 unspecified atom stereocenters. The van der Waals surface area contributed by atoms with Gasteiger partial charge in [0.1, 0.15) is 5.82 Å². The lowest BCUT2D eigenvalue weighted by molar-refractivity contribution is 0.0925. The van der Waals surface area contributed by atoms with Crippen LogP contribution in [-0.2, 0) is 0 Å². The maximum absolute atomic E-state index is 12.0. The number of aryl methyl sites for hydroxylation is 1. The van der Waals surface area contributed by atoms with E-state index in [-0.39, 0.29) is 29.9 Å². The molecule has 2 aromatic heterocycles. The number of guanidine groups is 1. The number of anilines is 1. The van der Waals surface area contributed by atoms with Crippen LogP contribution in [-0.4, -0.2) is 56.1 Å². The van der Waals surface area contributed by atoms with Crippen molar-refractivity contribution in [2.45, 2.75) is 32.2 Å². The topological polar surface area (TPSA) is 94.8 Å². The van der Waals surface area contributed by atoms with Gasteiger partial charge < -0.3 is 25.3 Å². The molecule has 164 valence electrons. The average molecular weight is 526 g/mol. The normalized spacial score (nSPS) is 14.7.